The summed E-state index contributed by atoms with van der Waals surface area (Å²) in [6.45, 7) is 2.59. The van der Waals surface area contributed by atoms with E-state index in [1.54, 1.807) is 18.5 Å². The predicted octanol–water partition coefficient (Wildman–Crippen LogP) is 1.66. The molecule has 4 nitrogen and oxygen atoms in total. The van der Waals surface area contributed by atoms with E-state index in [0.29, 0.717) is 12.1 Å². The summed E-state index contributed by atoms with van der Waals surface area (Å²) >= 11 is 0. The van der Waals surface area contributed by atoms with Gasteiger partial charge in [0.05, 0.1) is 17.3 Å². The highest BCUT2D eigenvalue weighted by Gasteiger charge is 2.02. The van der Waals surface area contributed by atoms with Gasteiger partial charge in [-0.3, -0.25) is 4.79 Å². The van der Waals surface area contributed by atoms with Crippen molar-refractivity contribution in [1.82, 2.24) is 4.57 Å². The number of nitrogens with zero attached hydrogens (tertiary/aromatic N) is 2. The third-order valence-electron chi connectivity index (χ3n) is 2.83. The Labute approximate surface area is 105 Å². The number of rotatable bonds is 2. The molecule has 0 atom stereocenters. The Morgan fingerprint density at radius 1 is 1.39 bits per heavy atom. The lowest BCUT2D eigenvalue weighted by Gasteiger charge is -2.10. The summed E-state index contributed by atoms with van der Waals surface area (Å²) in [5, 5.41) is 8.80. The van der Waals surface area contributed by atoms with E-state index in [-0.39, 0.29) is 11.1 Å². The number of anilines is 1. The zero-order chi connectivity index (χ0) is 13.1. The van der Waals surface area contributed by atoms with Crippen molar-refractivity contribution in [2.24, 2.45) is 0 Å². The van der Waals surface area contributed by atoms with Gasteiger partial charge >= 0.3 is 0 Å². The van der Waals surface area contributed by atoms with Crippen molar-refractivity contribution in [1.29, 1.82) is 5.26 Å². The first-order chi connectivity index (χ1) is 8.60. The summed E-state index contributed by atoms with van der Waals surface area (Å²) < 4.78 is 1.85. The van der Waals surface area contributed by atoms with Gasteiger partial charge in [-0.15, -0.1) is 0 Å². The predicted molar refractivity (Wildman–Crippen MR) is 70.1 cm³/mol. The molecule has 0 amide bonds. The Bertz CT molecular complexity index is 680. The van der Waals surface area contributed by atoms with Crippen LogP contribution in [0.4, 0.5) is 5.69 Å². The maximum atomic E-state index is 11.2. The summed E-state index contributed by atoms with van der Waals surface area (Å²) in [5.74, 6) is 0. The Hall–Kier alpha value is -2.54. The molecule has 0 bridgehead atoms. The van der Waals surface area contributed by atoms with E-state index in [0.717, 1.165) is 11.1 Å². The van der Waals surface area contributed by atoms with Crippen molar-refractivity contribution in [3.05, 3.63) is 63.6 Å². The number of nitrogen functional groups attached to an aromatic ring is 1. The molecule has 0 aliphatic carbocycles. The SMILES string of the molecule is Cc1cc(C#N)ccc1Cn1ccc(=O)c(N)c1. The number of aromatic nitrogens is 1. The van der Waals surface area contributed by atoms with E-state index in [1.807, 2.05) is 23.6 Å². The molecule has 0 saturated heterocycles. The fraction of sp³-hybridized carbons (Fsp3) is 0.143. The Balaban J connectivity index is 2.31. The zero-order valence-electron chi connectivity index (χ0n) is 10.1. The van der Waals surface area contributed by atoms with Gasteiger partial charge in [0, 0.05) is 25.0 Å². The van der Waals surface area contributed by atoms with E-state index in [4.69, 9.17) is 11.0 Å². The maximum Gasteiger partial charge on any atom is 0.204 e. The second kappa shape index (κ2) is 4.76. The van der Waals surface area contributed by atoms with Crippen LogP contribution in [0.1, 0.15) is 16.7 Å². The van der Waals surface area contributed by atoms with Gasteiger partial charge in [-0.05, 0) is 30.2 Å². The average Bonchev–Trinajstić information content (AvgIpc) is 2.36. The molecule has 0 fully saturated rings. The lowest BCUT2D eigenvalue weighted by molar-refractivity contribution is 0.786. The molecule has 0 unspecified atom stereocenters. The molecular weight excluding hydrogens is 226 g/mol. The quantitative estimate of drug-likeness (QED) is 0.866. The molecular formula is C14H13N3O. The minimum Gasteiger partial charge on any atom is -0.394 e. The highest BCUT2D eigenvalue weighted by molar-refractivity contribution is 5.38. The summed E-state index contributed by atoms with van der Waals surface area (Å²) in [4.78, 5) is 11.2. The standard InChI is InChI=1S/C14H13N3O/c1-10-6-11(7-15)2-3-12(10)8-17-5-4-14(18)13(16)9-17/h2-6,9H,8,16H2,1H3. The van der Waals surface area contributed by atoms with Crippen LogP contribution in [0.2, 0.25) is 0 Å². The fourth-order valence-electron chi connectivity index (χ4n) is 1.78. The first-order valence-corrected chi connectivity index (χ1v) is 5.55. The molecule has 0 aliphatic rings. The molecule has 1 aromatic carbocycles. The van der Waals surface area contributed by atoms with Gasteiger partial charge in [-0.25, -0.2) is 0 Å². The summed E-state index contributed by atoms with van der Waals surface area (Å²) in [6.07, 6.45) is 3.33. The van der Waals surface area contributed by atoms with Crippen LogP contribution < -0.4 is 11.2 Å². The van der Waals surface area contributed by atoms with Crippen LogP contribution in [0.5, 0.6) is 0 Å². The van der Waals surface area contributed by atoms with Gasteiger partial charge in [-0.2, -0.15) is 5.26 Å². The summed E-state index contributed by atoms with van der Waals surface area (Å²) in [7, 11) is 0. The first-order valence-electron chi connectivity index (χ1n) is 5.55. The summed E-state index contributed by atoms with van der Waals surface area (Å²) in [5.41, 5.74) is 8.45. The minimum atomic E-state index is -0.164. The Kier molecular flexibility index (Phi) is 3.16. The number of nitriles is 1. The number of pyridine rings is 1. The Morgan fingerprint density at radius 3 is 2.78 bits per heavy atom. The molecule has 0 radical (unpaired) electrons. The highest BCUT2D eigenvalue weighted by Crippen LogP contribution is 2.12. The molecule has 0 spiro atoms. The van der Waals surface area contributed by atoms with Crippen molar-refractivity contribution in [2.75, 3.05) is 5.73 Å². The molecule has 0 saturated carbocycles. The van der Waals surface area contributed by atoms with Gasteiger partial charge in [0.15, 0.2) is 0 Å². The molecule has 2 N–H and O–H groups in total. The van der Waals surface area contributed by atoms with E-state index in [1.165, 1.54) is 6.07 Å². The van der Waals surface area contributed by atoms with Crippen molar-refractivity contribution >= 4 is 5.69 Å². The number of hydrogen-bond donors (Lipinski definition) is 1. The van der Waals surface area contributed by atoms with Crippen LogP contribution in [0.25, 0.3) is 0 Å². The van der Waals surface area contributed by atoms with Crippen LogP contribution in [-0.4, -0.2) is 4.57 Å². The van der Waals surface area contributed by atoms with E-state index in [2.05, 4.69) is 6.07 Å². The monoisotopic (exact) mass is 239 g/mol. The summed E-state index contributed by atoms with van der Waals surface area (Å²) in [6, 6.07) is 9.11. The lowest BCUT2D eigenvalue weighted by Crippen LogP contribution is -2.11. The van der Waals surface area contributed by atoms with Crippen LogP contribution >= 0.6 is 0 Å². The first kappa shape index (κ1) is 11.9. The normalized spacial score (nSPS) is 10.0. The van der Waals surface area contributed by atoms with Crippen molar-refractivity contribution in [3.8, 4) is 6.07 Å². The zero-order valence-corrected chi connectivity index (χ0v) is 10.1. The van der Waals surface area contributed by atoms with Gasteiger partial charge in [0.2, 0.25) is 5.43 Å². The number of benzene rings is 1. The average molecular weight is 239 g/mol. The number of hydrogen-bond acceptors (Lipinski definition) is 3. The number of nitrogens with two attached hydrogens (primary N) is 1. The smallest absolute Gasteiger partial charge is 0.204 e. The van der Waals surface area contributed by atoms with Crippen LogP contribution in [-0.2, 0) is 6.54 Å². The van der Waals surface area contributed by atoms with Gasteiger partial charge in [-0.1, -0.05) is 6.07 Å². The van der Waals surface area contributed by atoms with Crippen LogP contribution in [0.15, 0.2) is 41.5 Å². The third-order valence-corrected chi connectivity index (χ3v) is 2.83. The molecule has 0 aliphatic heterocycles. The van der Waals surface area contributed by atoms with E-state index in [9.17, 15) is 4.79 Å². The van der Waals surface area contributed by atoms with E-state index < -0.39 is 0 Å². The van der Waals surface area contributed by atoms with Crippen LogP contribution in [0.3, 0.4) is 0 Å². The van der Waals surface area contributed by atoms with Crippen LogP contribution in [0, 0.1) is 18.3 Å². The van der Waals surface area contributed by atoms with Gasteiger partial charge < -0.3 is 10.3 Å². The number of aryl methyl sites for hydroxylation is 1. The van der Waals surface area contributed by atoms with Crippen molar-refractivity contribution in [2.45, 2.75) is 13.5 Å². The Morgan fingerprint density at radius 2 is 2.17 bits per heavy atom. The molecule has 2 rings (SSSR count). The van der Waals surface area contributed by atoms with Gasteiger partial charge in [0.1, 0.15) is 0 Å². The molecule has 4 heteroatoms. The molecule has 1 heterocycles. The maximum absolute atomic E-state index is 11.2. The van der Waals surface area contributed by atoms with Crippen molar-refractivity contribution < 1.29 is 0 Å². The molecule has 1 aromatic heterocycles. The van der Waals surface area contributed by atoms with Gasteiger partial charge in [0.25, 0.3) is 0 Å². The molecule has 2 aromatic rings. The molecule has 90 valence electrons. The highest BCUT2D eigenvalue weighted by atomic mass is 16.1. The second-order valence-corrected chi connectivity index (χ2v) is 4.19. The molecule has 18 heavy (non-hydrogen) atoms. The largest absolute Gasteiger partial charge is 0.394 e. The minimum absolute atomic E-state index is 0.164. The topological polar surface area (TPSA) is 71.8 Å². The van der Waals surface area contributed by atoms with E-state index >= 15 is 0 Å². The lowest BCUT2D eigenvalue weighted by atomic mass is 10.1. The second-order valence-electron chi connectivity index (χ2n) is 4.19. The van der Waals surface area contributed by atoms with Crippen molar-refractivity contribution in [3.63, 3.8) is 0 Å². The third kappa shape index (κ3) is 2.41. The fourth-order valence-corrected chi connectivity index (χ4v) is 1.78.